The van der Waals surface area contributed by atoms with E-state index in [-0.39, 0.29) is 11.0 Å². The van der Waals surface area contributed by atoms with Crippen LogP contribution in [0, 0.1) is 11.6 Å². The van der Waals surface area contributed by atoms with Gasteiger partial charge in [-0.3, -0.25) is 9.78 Å². The lowest BCUT2D eigenvalue weighted by Crippen LogP contribution is -2.31. The van der Waals surface area contributed by atoms with Gasteiger partial charge >= 0.3 is 5.69 Å². The Morgan fingerprint density at radius 1 is 1.22 bits per heavy atom. The largest absolute Gasteiger partial charge is 0.334 e. The molecule has 3 rings (SSSR count). The number of aromatic nitrogens is 3. The molecule has 23 heavy (non-hydrogen) atoms. The topological polar surface area (TPSA) is 67.8 Å². The van der Waals surface area contributed by atoms with Crippen molar-refractivity contribution < 1.29 is 8.78 Å². The Morgan fingerprint density at radius 3 is 2.57 bits per heavy atom. The standard InChI is InChI=1S/C16H13F2N3O2/c1-2-4-9-7-11(17)13(12(18)8-9)21-14-10(5-3-6-19-14)15(22)20-16(21)23/h3,5-8H,2,4H2,1H3,(H,20,22,23). The molecule has 118 valence electrons. The third-order valence-corrected chi connectivity index (χ3v) is 3.51. The lowest BCUT2D eigenvalue weighted by molar-refractivity contribution is 0.563. The molecule has 1 aromatic carbocycles. The first-order valence-electron chi connectivity index (χ1n) is 7.11. The van der Waals surface area contributed by atoms with Crippen LogP contribution in [0.5, 0.6) is 0 Å². The molecule has 2 aromatic heterocycles. The van der Waals surface area contributed by atoms with E-state index in [2.05, 4.69) is 9.97 Å². The predicted octanol–water partition coefficient (Wildman–Crippen LogP) is 2.30. The summed E-state index contributed by atoms with van der Waals surface area (Å²) < 4.78 is 29.6. The number of halogens is 2. The van der Waals surface area contributed by atoms with E-state index in [1.165, 1.54) is 30.5 Å². The van der Waals surface area contributed by atoms with Gasteiger partial charge in [-0.05, 0) is 36.2 Å². The number of hydrogen-bond acceptors (Lipinski definition) is 3. The van der Waals surface area contributed by atoms with Crippen molar-refractivity contribution in [1.82, 2.24) is 14.5 Å². The number of nitrogens with zero attached hydrogens (tertiary/aromatic N) is 2. The maximum absolute atomic E-state index is 14.4. The zero-order chi connectivity index (χ0) is 16.6. The van der Waals surface area contributed by atoms with E-state index in [0.29, 0.717) is 12.0 Å². The molecule has 0 aliphatic carbocycles. The summed E-state index contributed by atoms with van der Waals surface area (Å²) in [5.41, 5.74) is -1.74. The van der Waals surface area contributed by atoms with E-state index in [0.717, 1.165) is 11.0 Å². The third kappa shape index (κ3) is 2.54. The molecule has 0 radical (unpaired) electrons. The number of fused-ring (bicyclic) bond motifs is 1. The normalized spacial score (nSPS) is 11.1. The highest BCUT2D eigenvalue weighted by atomic mass is 19.1. The van der Waals surface area contributed by atoms with E-state index < -0.39 is 28.6 Å². The van der Waals surface area contributed by atoms with Crippen LogP contribution in [-0.2, 0) is 6.42 Å². The molecule has 0 atom stereocenters. The molecule has 0 spiro atoms. The minimum atomic E-state index is -0.942. The molecule has 7 heteroatoms. The Hall–Kier alpha value is -2.83. The molecule has 0 aliphatic rings. The van der Waals surface area contributed by atoms with Crippen molar-refractivity contribution in [3.8, 4) is 5.69 Å². The number of benzene rings is 1. The van der Waals surface area contributed by atoms with E-state index >= 15 is 0 Å². The second-order valence-electron chi connectivity index (χ2n) is 5.13. The van der Waals surface area contributed by atoms with E-state index in [9.17, 15) is 18.4 Å². The highest BCUT2D eigenvalue weighted by molar-refractivity contribution is 5.75. The van der Waals surface area contributed by atoms with Crippen molar-refractivity contribution in [2.24, 2.45) is 0 Å². The molecule has 0 amide bonds. The molecule has 0 unspecified atom stereocenters. The number of hydrogen-bond donors (Lipinski definition) is 1. The van der Waals surface area contributed by atoms with Gasteiger partial charge in [0.1, 0.15) is 5.69 Å². The molecule has 0 fully saturated rings. The molecule has 0 aliphatic heterocycles. The Balaban J connectivity index is 2.38. The van der Waals surface area contributed by atoms with Crippen LogP contribution in [0.3, 0.4) is 0 Å². The molecule has 1 N–H and O–H groups in total. The van der Waals surface area contributed by atoms with Crippen molar-refractivity contribution in [2.45, 2.75) is 19.8 Å². The fourth-order valence-corrected chi connectivity index (χ4v) is 2.54. The Bertz CT molecular complexity index is 985. The van der Waals surface area contributed by atoms with Gasteiger partial charge in [0.2, 0.25) is 0 Å². The summed E-state index contributed by atoms with van der Waals surface area (Å²) in [7, 11) is 0. The molecular formula is C16H13F2N3O2. The van der Waals surface area contributed by atoms with Crippen LogP contribution in [0.4, 0.5) is 8.78 Å². The minimum Gasteiger partial charge on any atom is -0.273 e. The number of aryl methyl sites for hydroxylation is 1. The highest BCUT2D eigenvalue weighted by Crippen LogP contribution is 2.21. The van der Waals surface area contributed by atoms with E-state index in [1.807, 2.05) is 6.92 Å². The third-order valence-electron chi connectivity index (χ3n) is 3.51. The Kier molecular flexibility index (Phi) is 3.77. The zero-order valence-corrected chi connectivity index (χ0v) is 12.3. The van der Waals surface area contributed by atoms with Crippen LogP contribution >= 0.6 is 0 Å². The maximum Gasteiger partial charge on any atom is 0.334 e. The second kappa shape index (κ2) is 5.75. The Labute approximate surface area is 129 Å². The quantitative estimate of drug-likeness (QED) is 0.806. The zero-order valence-electron chi connectivity index (χ0n) is 12.3. The first-order chi connectivity index (χ1) is 11.0. The highest BCUT2D eigenvalue weighted by Gasteiger charge is 2.18. The molecule has 0 saturated heterocycles. The summed E-state index contributed by atoms with van der Waals surface area (Å²) in [6, 6.07) is 5.31. The number of pyridine rings is 1. The van der Waals surface area contributed by atoms with E-state index in [4.69, 9.17) is 0 Å². The fraction of sp³-hybridized carbons (Fsp3) is 0.188. The summed E-state index contributed by atoms with van der Waals surface area (Å²) in [6.45, 7) is 1.90. The van der Waals surface area contributed by atoms with Crippen LogP contribution in [-0.4, -0.2) is 14.5 Å². The molecule has 2 heterocycles. The number of H-pyrrole nitrogens is 1. The molecule has 0 saturated carbocycles. The van der Waals surface area contributed by atoms with Gasteiger partial charge in [0.15, 0.2) is 17.3 Å². The first kappa shape index (κ1) is 15.1. The molecule has 3 aromatic rings. The van der Waals surface area contributed by atoms with Gasteiger partial charge in [0.05, 0.1) is 5.39 Å². The number of nitrogens with one attached hydrogen (secondary N) is 1. The van der Waals surface area contributed by atoms with Crippen LogP contribution in [0.2, 0.25) is 0 Å². The van der Waals surface area contributed by atoms with Gasteiger partial charge < -0.3 is 0 Å². The van der Waals surface area contributed by atoms with Crippen molar-refractivity contribution in [3.05, 3.63) is 68.5 Å². The number of rotatable bonds is 3. The van der Waals surface area contributed by atoms with Crippen molar-refractivity contribution in [2.75, 3.05) is 0 Å². The number of aromatic amines is 1. The van der Waals surface area contributed by atoms with Gasteiger partial charge in [-0.15, -0.1) is 0 Å². The SMILES string of the molecule is CCCc1cc(F)c(-n2c(=O)[nH]c(=O)c3cccnc32)c(F)c1. The molecule has 0 bridgehead atoms. The Morgan fingerprint density at radius 2 is 1.91 bits per heavy atom. The smallest absolute Gasteiger partial charge is 0.273 e. The van der Waals surface area contributed by atoms with Crippen molar-refractivity contribution >= 4 is 11.0 Å². The van der Waals surface area contributed by atoms with Crippen molar-refractivity contribution in [1.29, 1.82) is 0 Å². The average Bonchev–Trinajstić information content (AvgIpc) is 2.50. The average molecular weight is 317 g/mol. The minimum absolute atomic E-state index is 0.0727. The fourth-order valence-electron chi connectivity index (χ4n) is 2.54. The van der Waals surface area contributed by atoms with Crippen LogP contribution in [0.1, 0.15) is 18.9 Å². The van der Waals surface area contributed by atoms with E-state index in [1.54, 1.807) is 0 Å². The van der Waals surface area contributed by atoms with Gasteiger partial charge in [0.25, 0.3) is 5.56 Å². The summed E-state index contributed by atoms with van der Waals surface area (Å²) >= 11 is 0. The van der Waals surface area contributed by atoms with Gasteiger partial charge in [-0.2, -0.15) is 0 Å². The van der Waals surface area contributed by atoms with Crippen LogP contribution in [0.15, 0.2) is 40.1 Å². The summed E-state index contributed by atoms with van der Waals surface area (Å²) in [5.74, 6) is -1.76. The summed E-state index contributed by atoms with van der Waals surface area (Å²) in [5, 5.41) is 0.0727. The lowest BCUT2D eigenvalue weighted by Gasteiger charge is -2.12. The van der Waals surface area contributed by atoms with Crippen LogP contribution in [0.25, 0.3) is 16.7 Å². The first-order valence-corrected chi connectivity index (χ1v) is 7.11. The van der Waals surface area contributed by atoms with Gasteiger partial charge in [0, 0.05) is 6.20 Å². The predicted molar refractivity (Wildman–Crippen MR) is 81.9 cm³/mol. The summed E-state index contributed by atoms with van der Waals surface area (Å²) in [6.07, 6.45) is 2.61. The second-order valence-corrected chi connectivity index (χ2v) is 5.13. The lowest BCUT2D eigenvalue weighted by atomic mass is 10.1. The van der Waals surface area contributed by atoms with Gasteiger partial charge in [-0.25, -0.2) is 23.1 Å². The maximum atomic E-state index is 14.4. The molecular weight excluding hydrogens is 304 g/mol. The van der Waals surface area contributed by atoms with Crippen LogP contribution < -0.4 is 11.2 Å². The monoisotopic (exact) mass is 317 g/mol. The molecule has 5 nitrogen and oxygen atoms in total. The van der Waals surface area contributed by atoms with Gasteiger partial charge in [-0.1, -0.05) is 13.3 Å². The van der Waals surface area contributed by atoms with Crippen molar-refractivity contribution in [3.63, 3.8) is 0 Å². The summed E-state index contributed by atoms with van der Waals surface area (Å²) in [4.78, 5) is 29.9.